The van der Waals surface area contributed by atoms with E-state index >= 15 is 0 Å². The molecule has 1 saturated heterocycles. The van der Waals surface area contributed by atoms with Gasteiger partial charge in [0.05, 0.1) is 35.6 Å². The van der Waals surface area contributed by atoms with E-state index in [1.54, 1.807) is 48.3 Å². The molecule has 2 fully saturated rings. The standard InChI is InChI=1S/C34H37N3O7S/c1-22-8-9-24-17-29(22)44-26-7-4-6-23(16-26)21-43-30-19-37(18-28(30)35-31(38)20-36(2)32(24)39)33(40)34(14-5-15-34)25-10-12-27(13-11-25)45(3,41)42/h4,6-13,16-17,28,30H,5,14-15,18-21H2,1-3H3,(H,35,38)/t28-,30-/m0/s1. The van der Waals surface area contributed by atoms with Gasteiger partial charge in [0.2, 0.25) is 11.8 Å². The van der Waals surface area contributed by atoms with Gasteiger partial charge in [-0.3, -0.25) is 14.4 Å². The van der Waals surface area contributed by atoms with E-state index in [2.05, 4.69) is 5.32 Å². The summed E-state index contributed by atoms with van der Waals surface area (Å²) in [4.78, 5) is 44.0. The number of aryl methyl sites for hydroxylation is 1. The summed E-state index contributed by atoms with van der Waals surface area (Å²) in [7, 11) is -1.79. The van der Waals surface area contributed by atoms with Crippen LogP contribution in [-0.4, -0.2) is 81.0 Å². The predicted molar refractivity (Wildman–Crippen MR) is 167 cm³/mol. The van der Waals surface area contributed by atoms with Crippen molar-refractivity contribution in [3.8, 4) is 11.5 Å². The molecule has 0 unspecified atom stereocenters. The minimum atomic E-state index is -3.36. The smallest absolute Gasteiger partial charge is 0.254 e. The average molecular weight is 632 g/mol. The summed E-state index contributed by atoms with van der Waals surface area (Å²) in [5, 5.41) is 3.03. The summed E-state index contributed by atoms with van der Waals surface area (Å²) >= 11 is 0. The number of benzene rings is 3. The Bertz CT molecular complexity index is 1750. The van der Waals surface area contributed by atoms with Gasteiger partial charge in [-0.15, -0.1) is 0 Å². The molecule has 2 atom stereocenters. The van der Waals surface area contributed by atoms with Gasteiger partial charge < -0.3 is 24.6 Å². The molecule has 3 aliphatic rings. The molecule has 10 nitrogen and oxygen atoms in total. The molecule has 0 spiro atoms. The molecule has 1 aliphatic carbocycles. The normalized spacial score (nSPS) is 21.8. The molecule has 2 aliphatic heterocycles. The van der Waals surface area contributed by atoms with Gasteiger partial charge in [0.1, 0.15) is 11.5 Å². The highest BCUT2D eigenvalue weighted by Gasteiger charge is 2.50. The van der Waals surface area contributed by atoms with Crippen LogP contribution in [0.4, 0.5) is 0 Å². The number of sulfone groups is 1. The number of amides is 3. The van der Waals surface area contributed by atoms with E-state index in [9.17, 15) is 22.8 Å². The van der Waals surface area contributed by atoms with Crippen molar-refractivity contribution in [2.75, 3.05) is 32.9 Å². The average Bonchev–Trinajstić information content (AvgIpc) is 3.38. The Morgan fingerprint density at radius 2 is 1.76 bits per heavy atom. The van der Waals surface area contributed by atoms with E-state index < -0.39 is 27.4 Å². The fourth-order valence-electron chi connectivity index (χ4n) is 6.36. The lowest BCUT2D eigenvalue weighted by Gasteiger charge is -2.43. The maximum atomic E-state index is 14.2. The summed E-state index contributed by atoms with van der Waals surface area (Å²) in [5.41, 5.74) is 2.17. The topological polar surface area (TPSA) is 122 Å². The molecule has 1 saturated carbocycles. The summed E-state index contributed by atoms with van der Waals surface area (Å²) in [5.74, 6) is 0.414. The number of fused-ring (bicyclic) bond motifs is 5. The Labute approximate surface area is 263 Å². The van der Waals surface area contributed by atoms with Gasteiger partial charge in [-0.05, 0) is 72.9 Å². The summed E-state index contributed by atoms with van der Waals surface area (Å²) < 4.78 is 36.5. The van der Waals surface area contributed by atoms with Crippen molar-refractivity contribution in [1.82, 2.24) is 15.1 Å². The fourth-order valence-corrected chi connectivity index (χ4v) is 6.99. The summed E-state index contributed by atoms with van der Waals surface area (Å²) in [6.45, 7) is 2.50. The minimum absolute atomic E-state index is 0.0607. The number of likely N-dealkylation sites (N-methyl/N-ethyl adjacent to an activating group) is 1. The van der Waals surface area contributed by atoms with Gasteiger partial charge in [-0.25, -0.2) is 8.42 Å². The van der Waals surface area contributed by atoms with Crippen molar-refractivity contribution in [3.63, 3.8) is 0 Å². The second-order valence-corrected chi connectivity index (χ2v) is 14.4. The highest BCUT2D eigenvalue weighted by molar-refractivity contribution is 7.90. The third-order valence-electron chi connectivity index (χ3n) is 9.10. The quantitative estimate of drug-likeness (QED) is 0.469. The van der Waals surface area contributed by atoms with E-state index in [1.807, 2.05) is 37.3 Å². The van der Waals surface area contributed by atoms with Crippen LogP contribution in [-0.2, 0) is 36.2 Å². The second kappa shape index (κ2) is 11.9. The number of ether oxygens (including phenoxy) is 2. The number of rotatable bonds is 3. The highest BCUT2D eigenvalue weighted by Crippen LogP contribution is 2.46. The first kappa shape index (κ1) is 30.8. The molecule has 3 amide bonds. The van der Waals surface area contributed by atoms with Crippen molar-refractivity contribution in [1.29, 1.82) is 0 Å². The van der Waals surface area contributed by atoms with Crippen LogP contribution < -0.4 is 10.1 Å². The van der Waals surface area contributed by atoms with Crippen molar-refractivity contribution in [2.45, 2.75) is 55.2 Å². The molecule has 45 heavy (non-hydrogen) atoms. The van der Waals surface area contributed by atoms with E-state index in [1.165, 1.54) is 4.90 Å². The molecule has 3 aromatic rings. The van der Waals surface area contributed by atoms with Gasteiger partial charge in [-0.2, -0.15) is 0 Å². The van der Waals surface area contributed by atoms with Crippen LogP contribution in [0.25, 0.3) is 0 Å². The van der Waals surface area contributed by atoms with Gasteiger partial charge in [-0.1, -0.05) is 36.8 Å². The Balaban J connectivity index is 1.26. The molecule has 6 rings (SSSR count). The Morgan fingerprint density at radius 1 is 1.00 bits per heavy atom. The molecule has 11 heteroatoms. The third-order valence-corrected chi connectivity index (χ3v) is 10.2. The zero-order chi connectivity index (χ0) is 31.9. The Hall–Kier alpha value is -4.22. The maximum absolute atomic E-state index is 14.2. The minimum Gasteiger partial charge on any atom is -0.457 e. The molecule has 3 aromatic carbocycles. The lowest BCUT2D eigenvalue weighted by molar-refractivity contribution is -0.140. The lowest BCUT2D eigenvalue weighted by atomic mass is 9.63. The van der Waals surface area contributed by atoms with Gasteiger partial charge in [0.25, 0.3) is 5.91 Å². The van der Waals surface area contributed by atoms with Crippen molar-refractivity contribution in [3.05, 3.63) is 89.0 Å². The second-order valence-electron chi connectivity index (χ2n) is 12.4. The first-order valence-electron chi connectivity index (χ1n) is 15.1. The number of carbonyl (C=O) groups is 3. The Kier molecular flexibility index (Phi) is 8.17. The van der Waals surface area contributed by atoms with Crippen molar-refractivity contribution >= 4 is 27.6 Å². The summed E-state index contributed by atoms with van der Waals surface area (Å²) in [6, 6.07) is 18.8. The SMILES string of the molecule is Cc1ccc2cc1Oc1cccc(c1)CO[C@H]1CN(C(=O)C3(c4ccc(S(C)(=O)=O)cc4)CCC3)C[C@@H]1NC(=O)CN(C)C2=O. The first-order valence-corrected chi connectivity index (χ1v) is 17.0. The maximum Gasteiger partial charge on any atom is 0.254 e. The van der Waals surface area contributed by atoms with E-state index in [4.69, 9.17) is 9.47 Å². The van der Waals surface area contributed by atoms with Gasteiger partial charge >= 0.3 is 0 Å². The fraction of sp³-hybridized carbons (Fsp3) is 0.382. The molecule has 236 valence electrons. The molecule has 2 heterocycles. The third kappa shape index (κ3) is 6.19. The summed E-state index contributed by atoms with van der Waals surface area (Å²) in [6.07, 6.45) is 2.87. The first-order chi connectivity index (χ1) is 21.4. The molecular formula is C34H37N3O7S. The molecule has 1 N–H and O–H groups in total. The zero-order valence-electron chi connectivity index (χ0n) is 25.6. The van der Waals surface area contributed by atoms with E-state index in [-0.39, 0.29) is 48.9 Å². The van der Waals surface area contributed by atoms with Crippen LogP contribution in [0, 0.1) is 6.92 Å². The van der Waals surface area contributed by atoms with E-state index in [0.29, 0.717) is 29.9 Å². The van der Waals surface area contributed by atoms with Crippen LogP contribution in [0.2, 0.25) is 0 Å². The van der Waals surface area contributed by atoms with Crippen LogP contribution in [0.1, 0.15) is 46.3 Å². The monoisotopic (exact) mass is 631 g/mol. The molecule has 0 aromatic heterocycles. The number of hydrogen-bond acceptors (Lipinski definition) is 7. The number of hydrogen-bond donors (Lipinski definition) is 1. The molecular weight excluding hydrogens is 594 g/mol. The number of nitrogens with zero attached hydrogens (tertiary/aromatic N) is 2. The predicted octanol–water partition coefficient (Wildman–Crippen LogP) is 3.61. The molecule has 0 radical (unpaired) electrons. The number of nitrogens with one attached hydrogen (secondary N) is 1. The van der Waals surface area contributed by atoms with E-state index in [0.717, 1.165) is 29.4 Å². The van der Waals surface area contributed by atoms with Crippen LogP contribution in [0.3, 0.4) is 0 Å². The van der Waals surface area contributed by atoms with Crippen LogP contribution in [0.5, 0.6) is 11.5 Å². The molecule has 4 bridgehead atoms. The lowest BCUT2D eigenvalue weighted by Crippen LogP contribution is -2.51. The van der Waals surface area contributed by atoms with Crippen LogP contribution in [0.15, 0.2) is 71.6 Å². The largest absolute Gasteiger partial charge is 0.457 e. The van der Waals surface area contributed by atoms with Crippen LogP contribution >= 0.6 is 0 Å². The van der Waals surface area contributed by atoms with Crippen molar-refractivity contribution < 1.29 is 32.3 Å². The van der Waals surface area contributed by atoms with Gasteiger partial charge in [0, 0.05) is 32.0 Å². The van der Waals surface area contributed by atoms with Crippen molar-refractivity contribution in [2.24, 2.45) is 0 Å². The Morgan fingerprint density at radius 3 is 2.44 bits per heavy atom. The highest BCUT2D eigenvalue weighted by atomic mass is 32.2. The number of carbonyl (C=O) groups excluding carboxylic acids is 3. The zero-order valence-corrected chi connectivity index (χ0v) is 26.4. The number of likely N-dealkylation sites (tertiary alicyclic amines) is 1. The van der Waals surface area contributed by atoms with Gasteiger partial charge in [0.15, 0.2) is 9.84 Å².